The second-order valence-corrected chi connectivity index (χ2v) is 7.07. The molecule has 0 spiro atoms. The van der Waals surface area contributed by atoms with Crippen LogP contribution < -0.4 is 5.43 Å². The Labute approximate surface area is 166 Å². The van der Waals surface area contributed by atoms with E-state index in [-0.39, 0.29) is 11.7 Å². The number of benzene rings is 3. The van der Waals surface area contributed by atoms with Crippen LogP contribution >= 0.6 is 0 Å². The van der Waals surface area contributed by atoms with Gasteiger partial charge in [0.15, 0.2) is 0 Å². The highest BCUT2D eigenvalue weighted by atomic mass is 16.3. The van der Waals surface area contributed by atoms with Crippen LogP contribution in [-0.2, 0) is 12.8 Å². The Bertz CT molecular complexity index is 1260. The minimum Gasteiger partial charge on any atom is -0.508 e. The van der Waals surface area contributed by atoms with Crippen LogP contribution in [0.4, 0.5) is 0 Å². The number of rotatable bonds is 4. The number of phenolic OH excluding ortho intramolecular Hbond substituents is 1. The molecular formula is C23H18N4O2. The Morgan fingerprint density at radius 3 is 2.76 bits per heavy atom. The molecule has 0 unspecified atom stereocenters. The molecule has 0 bridgehead atoms. The number of aryl methyl sites for hydroxylation is 2. The van der Waals surface area contributed by atoms with Crippen molar-refractivity contribution >= 4 is 22.9 Å². The van der Waals surface area contributed by atoms with Gasteiger partial charge in [-0.3, -0.25) is 9.89 Å². The molecule has 3 aromatic carbocycles. The minimum atomic E-state index is -0.383. The van der Waals surface area contributed by atoms with Gasteiger partial charge in [-0.25, -0.2) is 5.43 Å². The summed E-state index contributed by atoms with van der Waals surface area (Å²) in [5.74, 6) is -0.241. The largest absolute Gasteiger partial charge is 0.508 e. The van der Waals surface area contributed by atoms with Crippen LogP contribution in [0.2, 0.25) is 0 Å². The molecule has 1 aliphatic rings. The molecule has 5 rings (SSSR count). The third-order valence-corrected chi connectivity index (χ3v) is 5.23. The smallest absolute Gasteiger partial charge is 0.289 e. The average Bonchev–Trinajstić information content (AvgIpc) is 3.37. The lowest BCUT2D eigenvalue weighted by molar-refractivity contribution is 0.0950. The number of hydrogen-bond donors (Lipinski definition) is 3. The van der Waals surface area contributed by atoms with Gasteiger partial charge in [-0.1, -0.05) is 42.5 Å². The van der Waals surface area contributed by atoms with Crippen LogP contribution in [0.5, 0.6) is 5.75 Å². The zero-order valence-corrected chi connectivity index (χ0v) is 15.5. The van der Waals surface area contributed by atoms with Gasteiger partial charge >= 0.3 is 0 Å². The Balaban J connectivity index is 1.39. The molecule has 29 heavy (non-hydrogen) atoms. The summed E-state index contributed by atoms with van der Waals surface area (Å²) in [4.78, 5) is 12.4. The Kier molecular flexibility index (Phi) is 4.09. The zero-order chi connectivity index (χ0) is 19.8. The lowest BCUT2D eigenvalue weighted by Crippen LogP contribution is -2.17. The van der Waals surface area contributed by atoms with E-state index in [1.54, 1.807) is 30.3 Å². The van der Waals surface area contributed by atoms with Gasteiger partial charge in [0.05, 0.1) is 11.9 Å². The number of hydrogen-bond acceptors (Lipinski definition) is 4. The van der Waals surface area contributed by atoms with E-state index >= 15 is 0 Å². The van der Waals surface area contributed by atoms with Crippen LogP contribution in [0.1, 0.15) is 27.2 Å². The SMILES string of the molecule is O=C(N/N=C\c1cccc(O)c1)c1cc(-c2ccc3c4c(cccc24)CC3)n[nH]1. The molecule has 6 heteroatoms. The minimum absolute atomic E-state index is 0.142. The van der Waals surface area contributed by atoms with Crippen LogP contribution in [0, 0.1) is 0 Å². The van der Waals surface area contributed by atoms with Gasteiger partial charge in [-0.05, 0) is 58.5 Å². The first-order valence-corrected chi connectivity index (χ1v) is 9.41. The van der Waals surface area contributed by atoms with E-state index in [4.69, 9.17) is 0 Å². The standard InChI is InChI=1S/C23H18N4O2/c28-17-5-1-3-14(11-17)13-24-27-23(29)21-12-20(25-26-21)18-10-9-16-8-7-15-4-2-6-19(18)22(15)16/h1-6,9-13,28H,7-8H2,(H,25,26)(H,27,29)/b24-13-. The van der Waals surface area contributed by atoms with Crippen LogP contribution in [0.25, 0.3) is 22.0 Å². The summed E-state index contributed by atoms with van der Waals surface area (Å²) >= 11 is 0. The summed E-state index contributed by atoms with van der Waals surface area (Å²) in [7, 11) is 0. The Morgan fingerprint density at radius 1 is 1.07 bits per heavy atom. The molecule has 4 aromatic rings. The number of carbonyl (C=O) groups excluding carboxylic acids is 1. The third-order valence-electron chi connectivity index (χ3n) is 5.23. The van der Waals surface area contributed by atoms with E-state index in [0.29, 0.717) is 11.3 Å². The molecule has 6 nitrogen and oxygen atoms in total. The molecule has 0 atom stereocenters. The molecule has 1 amide bonds. The van der Waals surface area contributed by atoms with Crippen molar-refractivity contribution in [1.82, 2.24) is 15.6 Å². The summed E-state index contributed by atoms with van der Waals surface area (Å²) in [6.45, 7) is 0. The first-order valence-electron chi connectivity index (χ1n) is 9.41. The number of aromatic amines is 1. The van der Waals surface area contributed by atoms with Crippen LogP contribution in [0.15, 0.2) is 65.8 Å². The van der Waals surface area contributed by atoms with Crippen LogP contribution in [-0.4, -0.2) is 27.4 Å². The number of amides is 1. The summed E-state index contributed by atoms with van der Waals surface area (Å²) in [6.07, 6.45) is 3.61. The lowest BCUT2D eigenvalue weighted by atomic mass is 9.98. The van der Waals surface area contributed by atoms with Crippen molar-refractivity contribution in [1.29, 1.82) is 0 Å². The summed E-state index contributed by atoms with van der Waals surface area (Å²) in [5.41, 5.74) is 7.96. The molecule has 142 valence electrons. The topological polar surface area (TPSA) is 90.4 Å². The summed E-state index contributed by atoms with van der Waals surface area (Å²) in [5, 5.41) is 23.0. The predicted octanol–water partition coefficient (Wildman–Crippen LogP) is 3.80. The van der Waals surface area contributed by atoms with E-state index in [2.05, 4.69) is 51.1 Å². The number of carbonyl (C=O) groups is 1. The van der Waals surface area contributed by atoms with E-state index < -0.39 is 0 Å². The first kappa shape index (κ1) is 17.2. The second-order valence-electron chi connectivity index (χ2n) is 7.07. The second kappa shape index (κ2) is 6.91. The molecule has 0 aliphatic heterocycles. The van der Waals surface area contributed by atoms with Gasteiger partial charge < -0.3 is 5.11 Å². The highest BCUT2D eigenvalue weighted by molar-refractivity contribution is 6.02. The van der Waals surface area contributed by atoms with Crippen molar-refractivity contribution in [3.05, 3.63) is 83.0 Å². The van der Waals surface area contributed by atoms with E-state index in [0.717, 1.165) is 29.5 Å². The number of nitrogens with one attached hydrogen (secondary N) is 2. The first-order chi connectivity index (χ1) is 14.2. The molecular weight excluding hydrogens is 364 g/mol. The van der Waals surface area contributed by atoms with Gasteiger partial charge in [0, 0.05) is 5.56 Å². The van der Waals surface area contributed by atoms with Gasteiger partial charge in [-0.15, -0.1) is 0 Å². The number of aromatic nitrogens is 2. The van der Waals surface area contributed by atoms with Crippen molar-refractivity contribution in [2.75, 3.05) is 0 Å². The summed E-state index contributed by atoms with van der Waals surface area (Å²) in [6, 6.07) is 18.9. The highest BCUT2D eigenvalue weighted by Gasteiger charge is 2.18. The van der Waals surface area contributed by atoms with E-state index in [1.165, 1.54) is 22.7 Å². The fourth-order valence-corrected chi connectivity index (χ4v) is 3.88. The monoisotopic (exact) mass is 382 g/mol. The van der Waals surface area contributed by atoms with Crippen LogP contribution in [0.3, 0.4) is 0 Å². The molecule has 3 N–H and O–H groups in total. The summed E-state index contributed by atoms with van der Waals surface area (Å²) < 4.78 is 0. The van der Waals surface area contributed by atoms with Crippen molar-refractivity contribution < 1.29 is 9.90 Å². The Morgan fingerprint density at radius 2 is 1.90 bits per heavy atom. The van der Waals surface area contributed by atoms with Gasteiger partial charge in [0.1, 0.15) is 11.4 Å². The molecule has 1 heterocycles. The fourth-order valence-electron chi connectivity index (χ4n) is 3.88. The highest BCUT2D eigenvalue weighted by Crippen LogP contribution is 2.36. The lowest BCUT2D eigenvalue weighted by Gasteiger charge is -2.06. The number of nitrogens with zero attached hydrogens (tertiary/aromatic N) is 2. The predicted molar refractivity (Wildman–Crippen MR) is 112 cm³/mol. The molecule has 0 saturated heterocycles. The number of phenols is 1. The molecule has 1 aliphatic carbocycles. The maximum atomic E-state index is 12.4. The number of aromatic hydroxyl groups is 1. The van der Waals surface area contributed by atoms with Crippen molar-refractivity contribution in [3.8, 4) is 17.0 Å². The molecule has 1 aromatic heterocycles. The molecule has 0 radical (unpaired) electrons. The van der Waals surface area contributed by atoms with E-state index in [1.807, 2.05) is 0 Å². The third kappa shape index (κ3) is 3.14. The van der Waals surface area contributed by atoms with Crippen molar-refractivity contribution in [2.45, 2.75) is 12.8 Å². The quantitative estimate of drug-likeness (QED) is 0.370. The van der Waals surface area contributed by atoms with Gasteiger partial charge in [0.25, 0.3) is 5.91 Å². The number of hydrazone groups is 1. The van der Waals surface area contributed by atoms with Crippen molar-refractivity contribution in [3.63, 3.8) is 0 Å². The average molecular weight is 382 g/mol. The molecule has 0 saturated carbocycles. The number of H-pyrrole nitrogens is 1. The Hall–Kier alpha value is -3.93. The molecule has 0 fully saturated rings. The van der Waals surface area contributed by atoms with E-state index in [9.17, 15) is 9.90 Å². The van der Waals surface area contributed by atoms with Gasteiger partial charge in [-0.2, -0.15) is 10.2 Å². The maximum Gasteiger partial charge on any atom is 0.289 e. The van der Waals surface area contributed by atoms with Gasteiger partial charge in [0.2, 0.25) is 0 Å². The maximum absolute atomic E-state index is 12.4. The fraction of sp³-hybridized carbons (Fsp3) is 0.0870. The van der Waals surface area contributed by atoms with Crippen molar-refractivity contribution in [2.24, 2.45) is 5.10 Å². The zero-order valence-electron chi connectivity index (χ0n) is 15.5. The normalized spacial score (nSPS) is 12.7.